The highest BCUT2D eigenvalue weighted by Crippen LogP contribution is 2.52. The van der Waals surface area contributed by atoms with Crippen LogP contribution in [0.5, 0.6) is 23.0 Å². The zero-order valence-corrected chi connectivity index (χ0v) is 20.7. The van der Waals surface area contributed by atoms with Crippen LogP contribution in [0.25, 0.3) is 0 Å². The number of carbonyl (C=O) groups excluding carboxylic acids is 1. The number of fused-ring (bicyclic) bond motifs is 2. The smallest absolute Gasteiger partial charge is 0.454 e. The second-order valence-electron chi connectivity index (χ2n) is 9.94. The van der Waals surface area contributed by atoms with Crippen molar-refractivity contribution in [1.29, 1.82) is 0 Å². The van der Waals surface area contributed by atoms with Crippen molar-refractivity contribution in [2.24, 2.45) is 4.99 Å². The van der Waals surface area contributed by atoms with Crippen LogP contribution >= 0.6 is 11.8 Å². The molecule has 4 heterocycles. The Hall–Kier alpha value is -3.05. The molecule has 2 unspecified atom stereocenters. The van der Waals surface area contributed by atoms with Gasteiger partial charge in [0.2, 0.25) is 12.7 Å². The maximum Gasteiger partial charge on any atom is 0.586 e. The first kappa shape index (κ1) is 23.1. The Kier molecular flexibility index (Phi) is 5.30. The summed E-state index contributed by atoms with van der Waals surface area (Å²) in [5, 5.41) is 3.53. The molecule has 1 N–H and O–H groups in total. The van der Waals surface area contributed by atoms with Crippen LogP contribution in [0.2, 0.25) is 0 Å². The predicted molar refractivity (Wildman–Crippen MR) is 131 cm³/mol. The van der Waals surface area contributed by atoms with Gasteiger partial charge in [-0.1, -0.05) is 30.0 Å². The molecule has 5 aliphatic rings. The van der Waals surface area contributed by atoms with Gasteiger partial charge >= 0.3 is 6.29 Å². The summed E-state index contributed by atoms with van der Waals surface area (Å²) in [6.45, 7) is 2.36. The number of para-hydroxylation sites is 1. The number of carbonyl (C=O) groups is 1. The minimum Gasteiger partial charge on any atom is -0.454 e. The molecule has 2 fully saturated rings. The van der Waals surface area contributed by atoms with E-state index in [0.717, 1.165) is 44.3 Å². The fraction of sp³-hybridized carbons (Fsp3) is 0.462. The minimum absolute atomic E-state index is 0.0449. The van der Waals surface area contributed by atoms with E-state index in [1.807, 2.05) is 24.3 Å². The van der Waals surface area contributed by atoms with Gasteiger partial charge in [0.05, 0.1) is 23.3 Å². The second-order valence-corrected chi connectivity index (χ2v) is 11.2. The molecule has 0 spiro atoms. The average molecular weight is 530 g/mol. The van der Waals surface area contributed by atoms with Crippen molar-refractivity contribution in [2.45, 2.75) is 48.7 Å². The van der Waals surface area contributed by atoms with Gasteiger partial charge < -0.3 is 24.3 Å². The molecule has 1 saturated carbocycles. The first-order chi connectivity index (χ1) is 17.9. The van der Waals surface area contributed by atoms with E-state index in [4.69, 9.17) is 18.9 Å². The van der Waals surface area contributed by atoms with Crippen LogP contribution < -0.4 is 24.3 Å². The molecule has 1 saturated heterocycles. The molecule has 194 valence electrons. The van der Waals surface area contributed by atoms with Crippen LogP contribution in [0, 0.1) is 0 Å². The maximum atomic E-state index is 13.9. The van der Waals surface area contributed by atoms with E-state index in [9.17, 15) is 13.6 Å². The summed E-state index contributed by atoms with van der Waals surface area (Å²) in [7, 11) is 0. The number of rotatable bonds is 5. The maximum absolute atomic E-state index is 13.9. The molecule has 37 heavy (non-hydrogen) atoms. The molecule has 1 aliphatic carbocycles. The minimum atomic E-state index is -3.68. The number of nitrogens with one attached hydrogen (secondary N) is 1. The van der Waals surface area contributed by atoms with Gasteiger partial charge in [-0.25, -0.2) is 0 Å². The second kappa shape index (κ2) is 8.49. The van der Waals surface area contributed by atoms with Crippen molar-refractivity contribution in [3.63, 3.8) is 0 Å². The number of amidine groups is 1. The van der Waals surface area contributed by atoms with E-state index in [2.05, 4.69) is 15.2 Å². The Morgan fingerprint density at radius 2 is 1.89 bits per heavy atom. The van der Waals surface area contributed by atoms with Crippen molar-refractivity contribution < 1.29 is 32.5 Å². The van der Waals surface area contributed by atoms with Gasteiger partial charge in [-0.05, 0) is 62.5 Å². The number of benzene rings is 2. The van der Waals surface area contributed by atoms with Crippen LogP contribution in [0.1, 0.15) is 42.9 Å². The third-order valence-electron chi connectivity index (χ3n) is 7.67. The highest BCUT2D eigenvalue weighted by atomic mass is 32.2. The Labute approximate surface area is 216 Å². The molecule has 2 atom stereocenters. The number of likely N-dealkylation sites (tertiary alicyclic amines) is 1. The van der Waals surface area contributed by atoms with E-state index in [-0.39, 0.29) is 35.5 Å². The number of hydrogen-bond acceptors (Lipinski definition) is 8. The summed E-state index contributed by atoms with van der Waals surface area (Å²) in [4.78, 5) is 20.3. The number of amides is 1. The van der Waals surface area contributed by atoms with Crippen LogP contribution in [-0.2, 0) is 10.2 Å². The van der Waals surface area contributed by atoms with E-state index in [1.165, 1.54) is 17.8 Å². The third-order valence-corrected chi connectivity index (χ3v) is 8.84. The molecule has 2 aromatic carbocycles. The van der Waals surface area contributed by atoms with Crippen LogP contribution in [0.4, 0.5) is 8.78 Å². The summed E-state index contributed by atoms with van der Waals surface area (Å²) in [5.41, 5.74) is 0.964. The van der Waals surface area contributed by atoms with Gasteiger partial charge in [0, 0.05) is 5.56 Å². The van der Waals surface area contributed by atoms with Gasteiger partial charge in [-0.3, -0.25) is 14.7 Å². The van der Waals surface area contributed by atoms with Crippen molar-refractivity contribution in [1.82, 2.24) is 10.2 Å². The number of aliphatic imine (C=N–C) groups is 1. The van der Waals surface area contributed by atoms with Crippen molar-refractivity contribution in [3.8, 4) is 23.0 Å². The van der Waals surface area contributed by atoms with E-state index in [1.54, 1.807) is 6.07 Å². The summed E-state index contributed by atoms with van der Waals surface area (Å²) in [5.74, 6) is 1.38. The largest absolute Gasteiger partial charge is 0.586 e. The predicted octanol–water partition coefficient (Wildman–Crippen LogP) is 4.19. The summed E-state index contributed by atoms with van der Waals surface area (Å²) >= 11 is 1.48. The highest BCUT2D eigenvalue weighted by molar-refractivity contribution is 8.14. The van der Waals surface area contributed by atoms with Crippen LogP contribution in [0.15, 0.2) is 41.4 Å². The number of halogens is 2. The molecule has 0 radical (unpaired) electrons. The Bertz CT molecular complexity index is 1290. The van der Waals surface area contributed by atoms with Gasteiger partial charge in [-0.2, -0.15) is 0 Å². The molecular weight excluding hydrogens is 504 g/mol. The summed E-state index contributed by atoms with van der Waals surface area (Å²) in [6, 6.07) is 10.5. The monoisotopic (exact) mass is 529 g/mol. The SMILES string of the molecule is O=C(NC1=NCC(C(c2cccc3c2OC(F)(F)O3)N2CCCC2)S1)C1(c2ccc3c(c2)OCO3)CC1. The quantitative estimate of drug-likeness (QED) is 0.622. The van der Waals surface area contributed by atoms with Gasteiger partial charge in [-0.15, -0.1) is 8.78 Å². The molecule has 8 nitrogen and oxygen atoms in total. The normalized spacial score (nSPS) is 25.1. The Morgan fingerprint density at radius 1 is 1.08 bits per heavy atom. The lowest BCUT2D eigenvalue weighted by Crippen LogP contribution is -2.38. The standard InChI is InChI=1S/C26H25F2N3O5S/c27-26(28)35-18-5-3-4-16(22(18)36-26)21(31-10-1-2-11-31)20-13-29-24(37-20)30-23(32)25(8-9-25)15-6-7-17-19(12-15)34-14-33-17/h3-7,12,20-21H,1-2,8-11,13-14H2,(H,29,30,32). The van der Waals surface area contributed by atoms with E-state index < -0.39 is 11.7 Å². The number of alkyl halides is 2. The first-order valence-corrected chi connectivity index (χ1v) is 13.4. The lowest BCUT2D eigenvalue weighted by Gasteiger charge is -2.32. The number of ether oxygens (including phenoxy) is 4. The van der Waals surface area contributed by atoms with Crippen LogP contribution in [0.3, 0.4) is 0 Å². The fourth-order valence-corrected chi connectivity index (χ4v) is 6.87. The highest BCUT2D eigenvalue weighted by Gasteiger charge is 2.52. The molecule has 7 rings (SSSR count). The summed E-state index contributed by atoms with van der Waals surface area (Å²) in [6.07, 6.45) is -0.104. The van der Waals surface area contributed by atoms with Crippen LogP contribution in [-0.4, -0.2) is 53.9 Å². The van der Waals surface area contributed by atoms with Gasteiger partial charge in [0.25, 0.3) is 0 Å². The van der Waals surface area contributed by atoms with Gasteiger partial charge in [0.15, 0.2) is 28.2 Å². The first-order valence-electron chi connectivity index (χ1n) is 12.5. The molecule has 2 aromatic rings. The van der Waals surface area contributed by atoms with E-state index >= 15 is 0 Å². The average Bonchev–Trinajstić information content (AvgIpc) is 3.32. The fourth-order valence-electron chi connectivity index (χ4n) is 5.68. The Balaban J connectivity index is 1.10. The van der Waals surface area contributed by atoms with E-state index in [0.29, 0.717) is 28.8 Å². The number of nitrogens with zero attached hydrogens (tertiary/aromatic N) is 2. The molecule has 0 aromatic heterocycles. The summed E-state index contributed by atoms with van der Waals surface area (Å²) < 4.78 is 48.4. The van der Waals surface area contributed by atoms with Gasteiger partial charge in [0.1, 0.15) is 0 Å². The number of thioether (sulfide) groups is 1. The lowest BCUT2D eigenvalue weighted by molar-refractivity contribution is -0.287. The third kappa shape index (κ3) is 3.99. The lowest BCUT2D eigenvalue weighted by atomic mass is 9.94. The van der Waals surface area contributed by atoms with Crippen molar-refractivity contribution in [2.75, 3.05) is 26.4 Å². The number of hydrogen-bond donors (Lipinski definition) is 1. The molecule has 11 heteroatoms. The zero-order valence-electron chi connectivity index (χ0n) is 19.9. The van der Waals surface area contributed by atoms with Crippen molar-refractivity contribution in [3.05, 3.63) is 47.5 Å². The zero-order chi connectivity index (χ0) is 25.2. The topological polar surface area (TPSA) is 81.6 Å². The molecule has 4 aliphatic heterocycles. The molecule has 0 bridgehead atoms. The molecular formula is C26H25F2N3O5S. The Morgan fingerprint density at radius 3 is 2.70 bits per heavy atom. The molecule has 1 amide bonds. The van der Waals surface area contributed by atoms with Crippen molar-refractivity contribution >= 4 is 22.8 Å².